The molecule has 0 unspecified atom stereocenters. The Labute approximate surface area is 111 Å². The van der Waals surface area contributed by atoms with Crippen molar-refractivity contribution in [2.24, 2.45) is 11.0 Å². The van der Waals surface area contributed by atoms with Crippen LogP contribution < -0.4 is 11.1 Å². The van der Waals surface area contributed by atoms with Crippen molar-refractivity contribution in [3.8, 4) is 5.75 Å². The molecular formula is C13H18N2O4. The number of nitrogens with one attached hydrogen (secondary N) is 1. The number of carbonyl (C=O) groups is 1. The van der Waals surface area contributed by atoms with E-state index in [1.807, 2.05) is 13.8 Å². The van der Waals surface area contributed by atoms with Crippen LogP contribution in [0.3, 0.4) is 0 Å². The lowest BCUT2D eigenvalue weighted by molar-refractivity contribution is -0.121. The van der Waals surface area contributed by atoms with Crippen molar-refractivity contribution in [3.05, 3.63) is 27.8 Å². The van der Waals surface area contributed by atoms with Crippen molar-refractivity contribution in [1.29, 1.82) is 0 Å². The summed E-state index contributed by atoms with van der Waals surface area (Å²) in [5, 5.41) is 13.5. The maximum Gasteiger partial charge on any atom is 0.348 e. The lowest BCUT2D eigenvalue weighted by Gasteiger charge is -2.05. The molecule has 0 fully saturated rings. The Morgan fingerprint density at radius 1 is 1.53 bits per heavy atom. The zero-order valence-corrected chi connectivity index (χ0v) is 11.5. The number of aromatic hydroxyl groups is 1. The van der Waals surface area contributed by atoms with E-state index in [4.69, 9.17) is 4.42 Å². The standard InChI is InChI=1S/C13H18N2O4/c1-7(2)5-11(17)15-14-9(4)12-10(16)6-8(3)19-13(12)18/h6-7,16H,5H2,1-4H3,(H,15,17)/b14-9+. The van der Waals surface area contributed by atoms with Crippen molar-refractivity contribution in [2.75, 3.05) is 0 Å². The quantitative estimate of drug-likeness (QED) is 0.638. The second kappa shape index (κ2) is 6.17. The summed E-state index contributed by atoms with van der Waals surface area (Å²) in [6, 6.07) is 1.33. The summed E-state index contributed by atoms with van der Waals surface area (Å²) < 4.78 is 4.87. The molecule has 19 heavy (non-hydrogen) atoms. The summed E-state index contributed by atoms with van der Waals surface area (Å²) in [5.74, 6) is 0.0645. The van der Waals surface area contributed by atoms with E-state index >= 15 is 0 Å². The molecule has 0 saturated carbocycles. The van der Waals surface area contributed by atoms with Crippen LogP contribution in [0, 0.1) is 12.8 Å². The fourth-order valence-corrected chi connectivity index (χ4v) is 1.55. The first-order valence-electron chi connectivity index (χ1n) is 5.98. The second-order valence-corrected chi connectivity index (χ2v) is 4.73. The molecule has 0 aliphatic heterocycles. The molecule has 1 heterocycles. The monoisotopic (exact) mass is 266 g/mol. The predicted molar refractivity (Wildman–Crippen MR) is 71.2 cm³/mol. The van der Waals surface area contributed by atoms with Crippen LogP contribution in [-0.4, -0.2) is 16.7 Å². The first-order chi connectivity index (χ1) is 8.81. The largest absolute Gasteiger partial charge is 0.507 e. The Kier molecular flexibility index (Phi) is 4.86. The van der Waals surface area contributed by atoms with Gasteiger partial charge in [-0.2, -0.15) is 5.10 Å². The molecule has 1 rings (SSSR count). The fraction of sp³-hybridized carbons (Fsp3) is 0.462. The molecule has 0 aliphatic carbocycles. The van der Waals surface area contributed by atoms with Gasteiger partial charge in [0.1, 0.15) is 17.1 Å². The Morgan fingerprint density at radius 2 is 2.16 bits per heavy atom. The highest BCUT2D eigenvalue weighted by Gasteiger charge is 2.13. The van der Waals surface area contributed by atoms with Gasteiger partial charge in [0.2, 0.25) is 5.91 Å². The highest BCUT2D eigenvalue weighted by Crippen LogP contribution is 2.15. The molecule has 2 N–H and O–H groups in total. The zero-order valence-electron chi connectivity index (χ0n) is 11.5. The summed E-state index contributed by atoms with van der Waals surface area (Å²) in [7, 11) is 0. The highest BCUT2D eigenvalue weighted by molar-refractivity contribution is 6.01. The van der Waals surface area contributed by atoms with Gasteiger partial charge < -0.3 is 9.52 Å². The Morgan fingerprint density at radius 3 is 2.68 bits per heavy atom. The number of hydrazone groups is 1. The van der Waals surface area contributed by atoms with Gasteiger partial charge in [0.15, 0.2) is 0 Å². The topological polar surface area (TPSA) is 91.9 Å². The lowest BCUT2D eigenvalue weighted by atomic mass is 10.1. The average molecular weight is 266 g/mol. The van der Waals surface area contributed by atoms with E-state index < -0.39 is 5.63 Å². The Bertz CT molecular complexity index is 558. The number of nitrogens with zero attached hydrogens (tertiary/aromatic N) is 1. The predicted octanol–water partition coefficient (Wildman–Crippen LogP) is 1.54. The third kappa shape index (κ3) is 4.24. The van der Waals surface area contributed by atoms with E-state index in [1.54, 1.807) is 6.92 Å². The van der Waals surface area contributed by atoms with Crippen molar-refractivity contribution < 1.29 is 14.3 Å². The number of rotatable bonds is 4. The van der Waals surface area contributed by atoms with Gasteiger partial charge in [-0.3, -0.25) is 4.79 Å². The molecule has 0 aromatic carbocycles. The average Bonchev–Trinajstić information content (AvgIpc) is 2.23. The third-order valence-electron chi connectivity index (χ3n) is 2.36. The van der Waals surface area contributed by atoms with Crippen LogP contribution in [0.2, 0.25) is 0 Å². The SMILES string of the molecule is C/C(=N\NC(=O)CC(C)C)c1c(O)cc(C)oc1=O. The molecule has 6 heteroatoms. The van der Waals surface area contributed by atoms with Crippen molar-refractivity contribution >= 4 is 11.6 Å². The lowest BCUT2D eigenvalue weighted by Crippen LogP contribution is -2.22. The van der Waals surface area contributed by atoms with Crippen LogP contribution in [-0.2, 0) is 4.79 Å². The van der Waals surface area contributed by atoms with Crippen molar-refractivity contribution in [3.63, 3.8) is 0 Å². The molecular weight excluding hydrogens is 248 g/mol. The van der Waals surface area contributed by atoms with Gasteiger partial charge in [-0.1, -0.05) is 13.8 Å². The van der Waals surface area contributed by atoms with Crippen LogP contribution in [0.4, 0.5) is 0 Å². The molecule has 1 aromatic rings. The molecule has 1 aromatic heterocycles. The number of aryl methyl sites for hydroxylation is 1. The van der Waals surface area contributed by atoms with E-state index in [2.05, 4.69) is 10.5 Å². The summed E-state index contributed by atoms with van der Waals surface area (Å²) in [4.78, 5) is 23.0. The molecule has 0 radical (unpaired) electrons. The number of hydrogen-bond acceptors (Lipinski definition) is 5. The number of hydrogen-bond donors (Lipinski definition) is 2. The molecule has 0 atom stereocenters. The first kappa shape index (κ1) is 14.9. The van der Waals surface area contributed by atoms with E-state index in [1.165, 1.54) is 13.0 Å². The molecule has 104 valence electrons. The van der Waals surface area contributed by atoms with Crippen LogP contribution in [0.1, 0.15) is 38.5 Å². The molecule has 0 aliphatic rings. The maximum atomic E-state index is 11.6. The Hall–Kier alpha value is -2.11. The van der Waals surface area contributed by atoms with Gasteiger partial charge in [0, 0.05) is 12.5 Å². The zero-order chi connectivity index (χ0) is 14.6. The molecule has 0 spiro atoms. The summed E-state index contributed by atoms with van der Waals surface area (Å²) in [6.07, 6.45) is 0.339. The minimum absolute atomic E-state index is 0.0459. The normalized spacial score (nSPS) is 11.7. The van der Waals surface area contributed by atoms with Crippen LogP contribution in [0.5, 0.6) is 5.75 Å². The van der Waals surface area contributed by atoms with Gasteiger partial charge in [-0.25, -0.2) is 10.2 Å². The van der Waals surface area contributed by atoms with Gasteiger partial charge in [0.05, 0.1) is 5.71 Å². The van der Waals surface area contributed by atoms with Crippen LogP contribution in [0.25, 0.3) is 0 Å². The highest BCUT2D eigenvalue weighted by atomic mass is 16.4. The molecule has 0 saturated heterocycles. The van der Waals surface area contributed by atoms with Gasteiger partial charge in [-0.15, -0.1) is 0 Å². The second-order valence-electron chi connectivity index (χ2n) is 4.73. The molecule has 6 nitrogen and oxygen atoms in total. The maximum absolute atomic E-state index is 11.6. The van der Waals surface area contributed by atoms with Gasteiger partial charge in [-0.05, 0) is 19.8 Å². The van der Waals surface area contributed by atoms with Gasteiger partial charge >= 0.3 is 5.63 Å². The van der Waals surface area contributed by atoms with E-state index in [0.717, 1.165) is 0 Å². The molecule has 1 amide bonds. The number of carbonyl (C=O) groups excluding carboxylic acids is 1. The summed E-state index contributed by atoms with van der Waals surface area (Å²) >= 11 is 0. The Balaban J connectivity index is 2.92. The minimum atomic E-state index is -0.683. The summed E-state index contributed by atoms with van der Waals surface area (Å²) in [5.41, 5.74) is 1.81. The third-order valence-corrected chi connectivity index (χ3v) is 2.36. The number of amides is 1. The molecule has 0 bridgehead atoms. The summed E-state index contributed by atoms with van der Waals surface area (Å²) in [6.45, 7) is 6.89. The van der Waals surface area contributed by atoms with E-state index in [-0.39, 0.29) is 28.8 Å². The smallest absolute Gasteiger partial charge is 0.348 e. The first-order valence-corrected chi connectivity index (χ1v) is 5.98. The fourth-order valence-electron chi connectivity index (χ4n) is 1.55. The van der Waals surface area contributed by atoms with Crippen LogP contribution >= 0.6 is 0 Å². The van der Waals surface area contributed by atoms with E-state index in [9.17, 15) is 14.7 Å². The van der Waals surface area contributed by atoms with Crippen LogP contribution in [0.15, 0.2) is 20.4 Å². The van der Waals surface area contributed by atoms with Crippen molar-refractivity contribution in [1.82, 2.24) is 5.43 Å². The van der Waals surface area contributed by atoms with Crippen molar-refractivity contribution in [2.45, 2.75) is 34.1 Å². The van der Waals surface area contributed by atoms with E-state index in [0.29, 0.717) is 12.2 Å². The van der Waals surface area contributed by atoms with Gasteiger partial charge in [0.25, 0.3) is 0 Å². The minimum Gasteiger partial charge on any atom is -0.507 e.